The zero-order valence-electron chi connectivity index (χ0n) is 17.9. The molecule has 1 aromatic carbocycles. The zero-order chi connectivity index (χ0) is 24.3. The number of hydrogen-bond acceptors (Lipinski definition) is 5. The van der Waals surface area contributed by atoms with Gasteiger partial charge in [0.2, 0.25) is 0 Å². The molecule has 180 valence electrons. The van der Waals surface area contributed by atoms with Crippen LogP contribution in [0.2, 0.25) is 0 Å². The van der Waals surface area contributed by atoms with E-state index < -0.39 is 28.9 Å². The molecule has 1 amide bonds. The van der Waals surface area contributed by atoms with Crippen LogP contribution in [0, 0.1) is 0 Å². The average Bonchev–Trinajstić information content (AvgIpc) is 3.30. The molecule has 2 unspecified atom stereocenters. The molecule has 2 aromatic heterocycles. The van der Waals surface area contributed by atoms with Crippen LogP contribution in [-0.4, -0.2) is 47.5 Å². The van der Waals surface area contributed by atoms with Crippen molar-refractivity contribution in [2.24, 2.45) is 5.73 Å². The third kappa shape index (κ3) is 5.49. The summed E-state index contributed by atoms with van der Waals surface area (Å²) in [7, 11) is 0. The highest BCUT2D eigenvalue weighted by Crippen LogP contribution is 2.35. The number of amides is 1. The Morgan fingerprint density at radius 2 is 1.82 bits per heavy atom. The number of ether oxygens (including phenoxy) is 3. The molecule has 1 aliphatic rings. The molecule has 11 heteroatoms. The van der Waals surface area contributed by atoms with E-state index in [1.54, 1.807) is 4.98 Å². The molecule has 2 atom stereocenters. The van der Waals surface area contributed by atoms with Crippen molar-refractivity contribution in [3.63, 3.8) is 0 Å². The number of H-pyrrole nitrogens is 1. The van der Waals surface area contributed by atoms with Crippen LogP contribution in [0.5, 0.6) is 5.75 Å². The second kappa shape index (κ2) is 9.74. The van der Waals surface area contributed by atoms with Gasteiger partial charge >= 0.3 is 6.18 Å². The SMILES string of the molecule is NC(=O)c1cc(-c2ccc(OCC3COCC(Cn4cccc4)O3)cc2)c(C(F)(F)F)[nH]c1=O. The smallest absolute Gasteiger partial charge is 0.431 e. The number of carbonyl (C=O) groups is 1. The summed E-state index contributed by atoms with van der Waals surface area (Å²) in [6.07, 6.45) is -1.40. The molecule has 0 aliphatic carbocycles. The zero-order valence-corrected chi connectivity index (χ0v) is 17.9. The molecule has 1 fully saturated rings. The third-order valence-corrected chi connectivity index (χ3v) is 5.26. The molecule has 1 saturated heterocycles. The van der Waals surface area contributed by atoms with Gasteiger partial charge in [0.1, 0.15) is 29.7 Å². The first-order valence-electron chi connectivity index (χ1n) is 10.4. The number of halogens is 3. The Kier molecular flexibility index (Phi) is 6.75. The van der Waals surface area contributed by atoms with Gasteiger partial charge in [-0.15, -0.1) is 0 Å². The fourth-order valence-electron chi connectivity index (χ4n) is 3.68. The minimum absolute atomic E-state index is 0.127. The lowest BCUT2D eigenvalue weighted by Crippen LogP contribution is -2.41. The maximum absolute atomic E-state index is 13.5. The molecule has 3 N–H and O–H groups in total. The van der Waals surface area contributed by atoms with Crippen LogP contribution in [0.25, 0.3) is 11.1 Å². The molecular weight excluding hydrogens is 455 g/mol. The number of primary amides is 1. The number of rotatable bonds is 7. The second-order valence-electron chi connectivity index (χ2n) is 7.80. The molecule has 8 nitrogen and oxygen atoms in total. The van der Waals surface area contributed by atoms with Gasteiger partial charge in [0.05, 0.1) is 25.9 Å². The highest BCUT2D eigenvalue weighted by atomic mass is 19.4. The van der Waals surface area contributed by atoms with E-state index in [9.17, 15) is 22.8 Å². The molecule has 0 saturated carbocycles. The molecule has 3 aromatic rings. The van der Waals surface area contributed by atoms with Gasteiger partial charge in [-0.2, -0.15) is 13.2 Å². The van der Waals surface area contributed by atoms with E-state index in [0.29, 0.717) is 25.5 Å². The number of hydrogen-bond donors (Lipinski definition) is 2. The lowest BCUT2D eigenvalue weighted by Gasteiger charge is -2.30. The largest absolute Gasteiger partial charge is 0.491 e. The summed E-state index contributed by atoms with van der Waals surface area (Å²) < 4.78 is 59.7. The maximum Gasteiger partial charge on any atom is 0.431 e. The van der Waals surface area contributed by atoms with Gasteiger partial charge in [0, 0.05) is 18.0 Å². The van der Waals surface area contributed by atoms with E-state index in [1.165, 1.54) is 24.3 Å². The Bertz CT molecular complexity index is 1190. The van der Waals surface area contributed by atoms with E-state index in [-0.39, 0.29) is 29.9 Å². The Labute approximate surface area is 192 Å². The van der Waals surface area contributed by atoms with Crippen LogP contribution in [0.3, 0.4) is 0 Å². The van der Waals surface area contributed by atoms with E-state index in [0.717, 1.165) is 6.07 Å². The molecule has 1 aliphatic heterocycles. The number of pyridine rings is 1. The minimum atomic E-state index is -4.84. The lowest BCUT2D eigenvalue weighted by atomic mass is 10.0. The summed E-state index contributed by atoms with van der Waals surface area (Å²) in [5.41, 5.74) is 1.85. The monoisotopic (exact) mass is 477 g/mol. The highest BCUT2D eigenvalue weighted by Gasteiger charge is 2.36. The summed E-state index contributed by atoms with van der Waals surface area (Å²) in [6.45, 7) is 1.67. The van der Waals surface area contributed by atoms with Crippen LogP contribution in [0.15, 0.2) is 59.7 Å². The number of aromatic amines is 1. The molecule has 0 radical (unpaired) electrons. The van der Waals surface area contributed by atoms with Gasteiger partial charge in [-0.05, 0) is 35.9 Å². The van der Waals surface area contributed by atoms with Crippen molar-refractivity contribution in [1.82, 2.24) is 9.55 Å². The first-order valence-corrected chi connectivity index (χ1v) is 10.4. The van der Waals surface area contributed by atoms with Crippen LogP contribution in [-0.2, 0) is 22.2 Å². The van der Waals surface area contributed by atoms with Crippen molar-refractivity contribution in [1.29, 1.82) is 0 Å². The maximum atomic E-state index is 13.5. The number of nitrogens with one attached hydrogen (secondary N) is 1. The van der Waals surface area contributed by atoms with Crippen molar-refractivity contribution in [3.05, 3.63) is 76.5 Å². The summed E-state index contributed by atoms with van der Waals surface area (Å²) in [4.78, 5) is 25.0. The first-order chi connectivity index (χ1) is 16.2. The van der Waals surface area contributed by atoms with Gasteiger partial charge < -0.3 is 29.5 Å². The van der Waals surface area contributed by atoms with E-state index in [2.05, 4.69) is 0 Å². The summed E-state index contributed by atoms with van der Waals surface area (Å²) in [5, 5.41) is 0. The molecular formula is C23H22F3N3O5. The number of benzene rings is 1. The van der Waals surface area contributed by atoms with Crippen molar-refractivity contribution in [2.45, 2.75) is 24.9 Å². The molecule has 0 spiro atoms. The van der Waals surface area contributed by atoms with Crippen molar-refractivity contribution in [2.75, 3.05) is 19.8 Å². The minimum Gasteiger partial charge on any atom is -0.491 e. The van der Waals surface area contributed by atoms with Crippen molar-refractivity contribution < 1.29 is 32.2 Å². The van der Waals surface area contributed by atoms with Gasteiger partial charge in [-0.1, -0.05) is 12.1 Å². The lowest BCUT2D eigenvalue weighted by molar-refractivity contribution is -0.151. The number of aromatic nitrogens is 2. The third-order valence-electron chi connectivity index (χ3n) is 5.26. The van der Waals surface area contributed by atoms with Gasteiger partial charge in [-0.25, -0.2) is 0 Å². The Hall–Kier alpha value is -3.57. The first kappa shape index (κ1) is 23.6. The Morgan fingerprint density at radius 1 is 1.15 bits per heavy atom. The molecule has 3 heterocycles. The van der Waals surface area contributed by atoms with Gasteiger partial charge in [0.15, 0.2) is 0 Å². The number of alkyl halides is 3. The van der Waals surface area contributed by atoms with Crippen LogP contribution < -0.4 is 16.0 Å². The van der Waals surface area contributed by atoms with Crippen molar-refractivity contribution >= 4 is 5.91 Å². The Balaban J connectivity index is 1.45. The normalized spacial score (nSPS) is 18.6. The van der Waals surface area contributed by atoms with Crippen LogP contribution in [0.4, 0.5) is 13.2 Å². The van der Waals surface area contributed by atoms with Gasteiger partial charge in [0.25, 0.3) is 11.5 Å². The number of nitrogens with two attached hydrogens (primary N) is 1. The van der Waals surface area contributed by atoms with Gasteiger partial charge in [-0.3, -0.25) is 9.59 Å². The average molecular weight is 477 g/mol. The van der Waals surface area contributed by atoms with E-state index in [1.807, 2.05) is 29.1 Å². The topological polar surface area (TPSA) is 109 Å². The predicted molar refractivity (Wildman–Crippen MR) is 115 cm³/mol. The molecule has 34 heavy (non-hydrogen) atoms. The fraction of sp³-hybridized carbons (Fsp3) is 0.304. The van der Waals surface area contributed by atoms with Crippen LogP contribution >= 0.6 is 0 Å². The summed E-state index contributed by atoms with van der Waals surface area (Å²) >= 11 is 0. The second-order valence-corrected chi connectivity index (χ2v) is 7.80. The predicted octanol–water partition coefficient (Wildman–Crippen LogP) is 2.82. The number of nitrogens with zero attached hydrogens (tertiary/aromatic N) is 1. The van der Waals surface area contributed by atoms with E-state index >= 15 is 0 Å². The molecule has 4 rings (SSSR count). The van der Waals surface area contributed by atoms with Crippen LogP contribution in [0.1, 0.15) is 16.1 Å². The summed E-state index contributed by atoms with van der Waals surface area (Å²) in [5.74, 6) is -0.714. The standard InChI is InChI=1S/C23H22F3N3O5/c24-23(25,26)20-18(9-19(21(27)30)22(31)28-20)14-3-5-15(6-4-14)33-13-17-12-32-11-16(34-17)10-29-7-1-2-8-29/h1-9,16-17H,10-13H2,(H2,27,30)(H,28,31). The fourth-order valence-corrected chi connectivity index (χ4v) is 3.68. The van der Waals surface area contributed by atoms with E-state index in [4.69, 9.17) is 19.9 Å². The molecule has 0 bridgehead atoms. The van der Waals surface area contributed by atoms with Crippen molar-refractivity contribution in [3.8, 4) is 16.9 Å². The quantitative estimate of drug-likeness (QED) is 0.544. The Morgan fingerprint density at radius 3 is 2.47 bits per heavy atom. The number of carbonyl (C=O) groups excluding carboxylic acids is 1. The summed E-state index contributed by atoms with van der Waals surface area (Å²) in [6, 6.07) is 10.5. The highest BCUT2D eigenvalue weighted by molar-refractivity contribution is 5.94.